The third-order valence-corrected chi connectivity index (χ3v) is 2.29. The van der Waals surface area contributed by atoms with Crippen molar-refractivity contribution in [2.45, 2.75) is 25.2 Å². The molecule has 2 unspecified atom stereocenters. The van der Waals surface area contributed by atoms with Gasteiger partial charge in [0.1, 0.15) is 0 Å². The molecule has 0 aromatic rings. The Labute approximate surface area is 68.3 Å². The summed E-state index contributed by atoms with van der Waals surface area (Å²) >= 11 is 0. The van der Waals surface area contributed by atoms with E-state index in [1.54, 1.807) is 0 Å². The molecule has 12 heavy (non-hydrogen) atoms. The number of rotatable bonds is 0. The first-order chi connectivity index (χ1) is 5.23. The molecule has 1 aliphatic heterocycles. The van der Waals surface area contributed by atoms with Crippen molar-refractivity contribution < 1.29 is 18.4 Å². The Hall–Kier alpha value is -1.00. The number of amides is 2. The summed E-state index contributed by atoms with van der Waals surface area (Å²) in [5, 5.41) is 0. The Balaban J connectivity index is 3.24. The van der Waals surface area contributed by atoms with Gasteiger partial charge in [0, 0.05) is 7.05 Å². The van der Waals surface area contributed by atoms with E-state index in [4.69, 9.17) is 0 Å². The van der Waals surface area contributed by atoms with Crippen molar-refractivity contribution in [2.75, 3.05) is 7.05 Å². The average molecular weight is 177 g/mol. The number of hydrogen-bond donors (Lipinski definition) is 0. The number of nitrogens with zero attached hydrogens (tertiary/aromatic N) is 1. The summed E-state index contributed by atoms with van der Waals surface area (Å²) in [5.74, 6) is -2.25. The number of hydrogen-bond acceptors (Lipinski definition) is 2. The number of alkyl halides is 2. The molecule has 1 heterocycles. The predicted molar refractivity (Wildman–Crippen MR) is 36.8 cm³/mol. The molecule has 5 heteroatoms. The first-order valence-electron chi connectivity index (χ1n) is 3.43. The third kappa shape index (κ3) is 0.735. The molecule has 1 aliphatic rings. The van der Waals surface area contributed by atoms with Crippen LogP contribution in [0.15, 0.2) is 0 Å². The number of imide groups is 1. The van der Waals surface area contributed by atoms with Gasteiger partial charge in [-0.15, -0.1) is 0 Å². The molecule has 0 radical (unpaired) electrons. The predicted octanol–water partition coefficient (Wildman–Crippen LogP) is 0.441. The SMILES string of the molecule is CN1C(=O)C(C)(F)C(C)(F)C1=O. The van der Waals surface area contributed by atoms with Crippen molar-refractivity contribution >= 4 is 11.8 Å². The highest BCUT2D eigenvalue weighted by Gasteiger charge is 2.66. The van der Waals surface area contributed by atoms with Crippen molar-refractivity contribution in [1.82, 2.24) is 4.90 Å². The van der Waals surface area contributed by atoms with Gasteiger partial charge in [0.05, 0.1) is 0 Å². The summed E-state index contributed by atoms with van der Waals surface area (Å²) in [4.78, 5) is 22.4. The standard InChI is InChI=1S/C7H9F2NO2/c1-6(8)4(11)10(3)5(12)7(6,2)9/h1-3H3. The maximum Gasteiger partial charge on any atom is 0.270 e. The van der Waals surface area contributed by atoms with E-state index < -0.39 is 23.2 Å². The van der Waals surface area contributed by atoms with Crippen molar-refractivity contribution in [3.8, 4) is 0 Å². The summed E-state index contributed by atoms with van der Waals surface area (Å²) < 4.78 is 26.6. The molecule has 0 aliphatic carbocycles. The molecule has 0 aromatic heterocycles. The van der Waals surface area contributed by atoms with E-state index in [-0.39, 0.29) is 0 Å². The van der Waals surface area contributed by atoms with Crippen LogP contribution in [0.3, 0.4) is 0 Å². The van der Waals surface area contributed by atoms with Crippen LogP contribution in [0.25, 0.3) is 0 Å². The lowest BCUT2D eigenvalue weighted by Gasteiger charge is -2.19. The minimum absolute atomic E-state index is 0.472. The van der Waals surface area contributed by atoms with Gasteiger partial charge < -0.3 is 0 Å². The second-order valence-electron chi connectivity index (χ2n) is 3.18. The van der Waals surface area contributed by atoms with Gasteiger partial charge in [-0.25, -0.2) is 8.78 Å². The van der Waals surface area contributed by atoms with Crippen LogP contribution in [-0.2, 0) is 9.59 Å². The Morgan fingerprint density at radius 1 is 1.08 bits per heavy atom. The first-order valence-corrected chi connectivity index (χ1v) is 3.43. The zero-order valence-corrected chi connectivity index (χ0v) is 7.02. The fourth-order valence-electron chi connectivity index (χ4n) is 1.12. The molecule has 1 fully saturated rings. The molecular weight excluding hydrogens is 168 g/mol. The topological polar surface area (TPSA) is 37.4 Å². The highest BCUT2D eigenvalue weighted by molar-refractivity contribution is 6.12. The van der Waals surface area contributed by atoms with Crippen LogP contribution in [0.2, 0.25) is 0 Å². The second-order valence-corrected chi connectivity index (χ2v) is 3.18. The summed E-state index contributed by atoms with van der Waals surface area (Å²) in [5.41, 5.74) is -5.47. The zero-order chi connectivity index (χ0) is 9.73. The van der Waals surface area contributed by atoms with Crippen molar-refractivity contribution in [1.29, 1.82) is 0 Å². The van der Waals surface area contributed by atoms with Crippen LogP contribution < -0.4 is 0 Å². The molecule has 1 rings (SSSR count). The maximum atomic E-state index is 13.3. The van der Waals surface area contributed by atoms with Crippen LogP contribution in [-0.4, -0.2) is 35.1 Å². The molecule has 0 N–H and O–H groups in total. The Morgan fingerprint density at radius 2 is 1.33 bits per heavy atom. The Kier molecular flexibility index (Phi) is 1.53. The fourth-order valence-corrected chi connectivity index (χ4v) is 1.12. The largest absolute Gasteiger partial charge is 0.280 e. The van der Waals surface area contributed by atoms with E-state index >= 15 is 0 Å². The van der Waals surface area contributed by atoms with Gasteiger partial charge in [0.25, 0.3) is 11.8 Å². The number of carbonyl (C=O) groups is 2. The van der Waals surface area contributed by atoms with Gasteiger partial charge in [-0.3, -0.25) is 14.5 Å². The smallest absolute Gasteiger partial charge is 0.270 e. The Bertz CT molecular complexity index is 234. The van der Waals surface area contributed by atoms with Crippen LogP contribution in [0.4, 0.5) is 8.78 Å². The molecule has 0 bridgehead atoms. The van der Waals surface area contributed by atoms with E-state index in [2.05, 4.69) is 0 Å². The summed E-state index contributed by atoms with van der Waals surface area (Å²) in [6, 6.07) is 0. The minimum Gasteiger partial charge on any atom is -0.280 e. The quantitative estimate of drug-likeness (QED) is 0.503. The highest BCUT2D eigenvalue weighted by Crippen LogP contribution is 2.39. The first kappa shape index (κ1) is 9.09. The molecule has 0 saturated carbocycles. The normalized spacial score (nSPS) is 42.6. The van der Waals surface area contributed by atoms with Crippen LogP contribution in [0.5, 0.6) is 0 Å². The second kappa shape index (κ2) is 2.02. The molecule has 0 spiro atoms. The monoisotopic (exact) mass is 177 g/mol. The summed E-state index contributed by atoms with van der Waals surface area (Å²) in [6.07, 6.45) is 0. The fraction of sp³-hybridized carbons (Fsp3) is 0.714. The van der Waals surface area contributed by atoms with Crippen molar-refractivity contribution in [2.24, 2.45) is 0 Å². The van der Waals surface area contributed by atoms with E-state index in [1.165, 1.54) is 0 Å². The Morgan fingerprint density at radius 3 is 1.42 bits per heavy atom. The number of likely N-dealkylation sites (tertiary alicyclic amines) is 1. The van der Waals surface area contributed by atoms with E-state index in [1.807, 2.05) is 0 Å². The van der Waals surface area contributed by atoms with Gasteiger partial charge in [-0.2, -0.15) is 0 Å². The molecule has 68 valence electrons. The van der Waals surface area contributed by atoms with Crippen LogP contribution >= 0.6 is 0 Å². The third-order valence-electron chi connectivity index (χ3n) is 2.29. The molecule has 3 nitrogen and oxygen atoms in total. The lowest BCUT2D eigenvalue weighted by Crippen LogP contribution is -2.45. The summed E-state index contributed by atoms with van der Waals surface area (Å²) in [7, 11) is 1.06. The molecule has 2 amide bonds. The van der Waals surface area contributed by atoms with E-state index in [9.17, 15) is 18.4 Å². The highest BCUT2D eigenvalue weighted by atomic mass is 19.2. The van der Waals surface area contributed by atoms with Gasteiger partial charge in [0.15, 0.2) is 0 Å². The van der Waals surface area contributed by atoms with Gasteiger partial charge in [-0.1, -0.05) is 0 Å². The van der Waals surface area contributed by atoms with E-state index in [0.29, 0.717) is 4.90 Å². The minimum atomic E-state index is -2.74. The zero-order valence-electron chi connectivity index (χ0n) is 7.02. The number of carbonyl (C=O) groups excluding carboxylic acids is 2. The maximum absolute atomic E-state index is 13.3. The summed E-state index contributed by atoms with van der Waals surface area (Å²) in [6.45, 7) is 1.55. The van der Waals surface area contributed by atoms with E-state index in [0.717, 1.165) is 20.9 Å². The lowest BCUT2D eigenvalue weighted by molar-refractivity contribution is -0.140. The van der Waals surface area contributed by atoms with Gasteiger partial charge in [-0.05, 0) is 13.8 Å². The lowest BCUT2D eigenvalue weighted by atomic mass is 9.92. The van der Waals surface area contributed by atoms with Crippen molar-refractivity contribution in [3.05, 3.63) is 0 Å². The average Bonchev–Trinajstić information content (AvgIpc) is 2.05. The molecular formula is C7H9F2NO2. The number of halogens is 2. The molecule has 0 aromatic carbocycles. The van der Waals surface area contributed by atoms with Gasteiger partial charge in [0.2, 0.25) is 11.3 Å². The van der Waals surface area contributed by atoms with Gasteiger partial charge >= 0.3 is 0 Å². The van der Waals surface area contributed by atoms with Crippen LogP contribution in [0, 0.1) is 0 Å². The van der Waals surface area contributed by atoms with Crippen molar-refractivity contribution in [3.63, 3.8) is 0 Å². The van der Waals surface area contributed by atoms with Crippen LogP contribution in [0.1, 0.15) is 13.8 Å². The molecule has 2 atom stereocenters. The molecule has 1 saturated heterocycles.